The average Bonchev–Trinajstić information content (AvgIpc) is 3.52. The first-order chi connectivity index (χ1) is 21.5. The number of aromatic carboxylic acids is 1. The lowest BCUT2D eigenvalue weighted by Gasteiger charge is -2.25. The maximum atomic E-state index is 13.0. The van der Waals surface area contributed by atoms with Crippen LogP contribution in [0.2, 0.25) is 0 Å². The van der Waals surface area contributed by atoms with Crippen LogP contribution < -0.4 is 5.32 Å². The molecule has 0 spiro atoms. The zero-order chi connectivity index (χ0) is 30.3. The van der Waals surface area contributed by atoms with Gasteiger partial charge in [-0.15, -0.1) is 0 Å². The van der Waals surface area contributed by atoms with E-state index < -0.39 is 5.97 Å². The molecule has 2 atom stereocenters. The molecule has 220 valence electrons. The number of carboxylic acids is 1. The van der Waals surface area contributed by atoms with E-state index in [1.165, 1.54) is 0 Å². The first-order valence-corrected chi connectivity index (χ1v) is 15.0. The molecule has 1 aliphatic carbocycles. The van der Waals surface area contributed by atoms with Crippen molar-refractivity contribution in [2.45, 2.75) is 31.6 Å². The Morgan fingerprint density at radius 3 is 2.27 bits per heavy atom. The van der Waals surface area contributed by atoms with Gasteiger partial charge >= 0.3 is 5.97 Å². The van der Waals surface area contributed by atoms with Gasteiger partial charge in [0.1, 0.15) is 5.69 Å². The van der Waals surface area contributed by atoms with E-state index in [1.807, 2.05) is 54.6 Å². The molecule has 1 aliphatic rings. The number of amides is 1. The Morgan fingerprint density at radius 2 is 1.55 bits per heavy atom. The average molecular weight is 583 g/mol. The highest BCUT2D eigenvalue weighted by Gasteiger charge is 2.30. The third-order valence-electron chi connectivity index (χ3n) is 8.15. The summed E-state index contributed by atoms with van der Waals surface area (Å²) in [5.74, 6) is 0.761. The molecule has 0 aliphatic heterocycles. The third kappa shape index (κ3) is 6.70. The molecule has 1 heterocycles. The molecule has 4 aromatic carbocycles. The second kappa shape index (κ2) is 13.4. The summed E-state index contributed by atoms with van der Waals surface area (Å²) < 4.78 is 6.59. The Morgan fingerprint density at radius 1 is 0.818 bits per heavy atom. The second-order valence-corrected chi connectivity index (χ2v) is 11.2. The SMILES string of the molecule is O=C(O)c1ccc(CCNC(=O)c2cccc(CC3C=CCCC3c3nc(-c4ccccc4)c(-c4ccccc4)o3)c2)cc1. The molecule has 0 saturated carbocycles. The van der Waals surface area contributed by atoms with E-state index in [0.29, 0.717) is 18.5 Å². The lowest BCUT2D eigenvalue weighted by molar-refractivity contribution is 0.0696. The summed E-state index contributed by atoms with van der Waals surface area (Å²) in [6.45, 7) is 0.459. The molecular weight excluding hydrogens is 548 g/mol. The van der Waals surface area contributed by atoms with Crippen LogP contribution in [0.4, 0.5) is 0 Å². The monoisotopic (exact) mass is 582 g/mol. The number of allylic oxidation sites excluding steroid dienone is 2. The van der Waals surface area contributed by atoms with Gasteiger partial charge in [0.25, 0.3) is 5.91 Å². The van der Waals surface area contributed by atoms with Crippen molar-refractivity contribution in [3.05, 3.63) is 149 Å². The smallest absolute Gasteiger partial charge is 0.335 e. The lowest BCUT2D eigenvalue weighted by Crippen LogP contribution is -2.26. The van der Waals surface area contributed by atoms with Gasteiger partial charge in [-0.25, -0.2) is 9.78 Å². The predicted molar refractivity (Wildman–Crippen MR) is 172 cm³/mol. The fourth-order valence-corrected chi connectivity index (χ4v) is 5.83. The number of hydrogen-bond donors (Lipinski definition) is 2. The summed E-state index contributed by atoms with van der Waals surface area (Å²) in [5, 5.41) is 12.1. The van der Waals surface area contributed by atoms with Crippen molar-refractivity contribution in [1.82, 2.24) is 10.3 Å². The normalized spacial score (nSPS) is 16.0. The van der Waals surface area contributed by atoms with Crippen LogP contribution in [0.15, 0.2) is 126 Å². The Kier molecular flexibility index (Phi) is 8.78. The van der Waals surface area contributed by atoms with Crippen molar-refractivity contribution >= 4 is 11.9 Å². The van der Waals surface area contributed by atoms with E-state index in [9.17, 15) is 9.59 Å². The van der Waals surface area contributed by atoms with Crippen molar-refractivity contribution in [2.24, 2.45) is 5.92 Å². The fourth-order valence-electron chi connectivity index (χ4n) is 5.83. The van der Waals surface area contributed by atoms with Gasteiger partial charge in [0.05, 0.1) is 5.56 Å². The molecule has 6 rings (SSSR count). The van der Waals surface area contributed by atoms with E-state index in [-0.39, 0.29) is 23.3 Å². The number of rotatable bonds is 10. The topological polar surface area (TPSA) is 92.4 Å². The molecule has 44 heavy (non-hydrogen) atoms. The number of carbonyl (C=O) groups is 2. The minimum Gasteiger partial charge on any atom is -0.478 e. The van der Waals surface area contributed by atoms with E-state index in [2.05, 4.69) is 47.8 Å². The van der Waals surface area contributed by atoms with Crippen LogP contribution in [-0.4, -0.2) is 28.5 Å². The number of aromatic nitrogens is 1. The minimum atomic E-state index is -0.950. The van der Waals surface area contributed by atoms with E-state index >= 15 is 0 Å². The number of nitrogens with one attached hydrogen (secondary N) is 1. The highest BCUT2D eigenvalue weighted by atomic mass is 16.4. The van der Waals surface area contributed by atoms with Crippen LogP contribution in [0.5, 0.6) is 0 Å². The Bertz CT molecular complexity index is 1700. The van der Waals surface area contributed by atoms with Crippen LogP contribution in [0.1, 0.15) is 56.5 Å². The molecule has 1 aromatic heterocycles. The third-order valence-corrected chi connectivity index (χ3v) is 8.15. The first kappa shape index (κ1) is 28.9. The maximum Gasteiger partial charge on any atom is 0.335 e. The number of oxazole rings is 1. The first-order valence-electron chi connectivity index (χ1n) is 15.0. The number of carbonyl (C=O) groups excluding carboxylic acids is 1. The van der Waals surface area contributed by atoms with Gasteiger partial charge in [-0.2, -0.15) is 0 Å². The molecule has 6 nitrogen and oxygen atoms in total. The van der Waals surface area contributed by atoms with Crippen LogP contribution in [0, 0.1) is 5.92 Å². The summed E-state index contributed by atoms with van der Waals surface area (Å²) in [7, 11) is 0. The lowest BCUT2D eigenvalue weighted by atomic mass is 9.80. The molecule has 0 saturated heterocycles. The zero-order valence-electron chi connectivity index (χ0n) is 24.4. The van der Waals surface area contributed by atoms with E-state index in [4.69, 9.17) is 14.5 Å². The maximum absolute atomic E-state index is 13.0. The molecule has 5 aromatic rings. The van der Waals surface area contributed by atoms with Gasteiger partial charge in [-0.3, -0.25) is 4.79 Å². The number of carboxylic acid groups (broad SMARTS) is 1. The van der Waals surface area contributed by atoms with Crippen molar-refractivity contribution in [2.75, 3.05) is 6.54 Å². The van der Waals surface area contributed by atoms with Crippen LogP contribution in [-0.2, 0) is 12.8 Å². The van der Waals surface area contributed by atoms with Gasteiger partial charge < -0.3 is 14.8 Å². The predicted octanol–water partition coefficient (Wildman–Crippen LogP) is 7.97. The number of benzene rings is 4. The quantitative estimate of drug-likeness (QED) is 0.163. The molecule has 0 bridgehead atoms. The van der Waals surface area contributed by atoms with Crippen molar-refractivity contribution in [3.63, 3.8) is 0 Å². The highest BCUT2D eigenvalue weighted by molar-refractivity contribution is 5.94. The van der Waals surface area contributed by atoms with Gasteiger partial charge in [-0.05, 0) is 67.0 Å². The van der Waals surface area contributed by atoms with Crippen molar-refractivity contribution in [3.8, 4) is 22.6 Å². The largest absolute Gasteiger partial charge is 0.478 e. The summed E-state index contributed by atoms with van der Waals surface area (Å²) >= 11 is 0. The Hall–Kier alpha value is -5.23. The van der Waals surface area contributed by atoms with Crippen LogP contribution >= 0.6 is 0 Å². The van der Waals surface area contributed by atoms with Gasteiger partial charge in [0.15, 0.2) is 11.7 Å². The Balaban J connectivity index is 1.17. The van der Waals surface area contributed by atoms with Gasteiger partial charge in [0, 0.05) is 29.2 Å². The summed E-state index contributed by atoms with van der Waals surface area (Å²) in [6.07, 6.45) is 7.79. The van der Waals surface area contributed by atoms with Gasteiger partial charge in [-0.1, -0.05) is 97.1 Å². The molecule has 0 fully saturated rings. The van der Waals surface area contributed by atoms with Gasteiger partial charge in [0.2, 0.25) is 0 Å². The summed E-state index contributed by atoms with van der Waals surface area (Å²) in [4.78, 5) is 29.2. The molecule has 1 amide bonds. The summed E-state index contributed by atoms with van der Waals surface area (Å²) in [5.41, 5.74) is 5.81. The molecule has 0 radical (unpaired) electrons. The van der Waals surface area contributed by atoms with Crippen molar-refractivity contribution in [1.29, 1.82) is 0 Å². The molecule has 2 N–H and O–H groups in total. The number of nitrogens with zero attached hydrogens (tertiary/aromatic N) is 1. The number of hydrogen-bond acceptors (Lipinski definition) is 4. The summed E-state index contributed by atoms with van der Waals surface area (Å²) in [6, 6.07) is 34.9. The van der Waals surface area contributed by atoms with E-state index in [1.54, 1.807) is 24.3 Å². The van der Waals surface area contributed by atoms with Crippen LogP contribution in [0.3, 0.4) is 0 Å². The minimum absolute atomic E-state index is 0.116. The molecular formula is C38H34N2O4. The second-order valence-electron chi connectivity index (χ2n) is 11.2. The zero-order valence-corrected chi connectivity index (χ0v) is 24.4. The fraction of sp³-hybridized carbons (Fsp3) is 0.184. The molecule has 2 unspecified atom stereocenters. The van der Waals surface area contributed by atoms with E-state index in [0.717, 1.165) is 58.9 Å². The standard InChI is InChI=1S/C38H34N2O4/c41-36(39-23-22-26-18-20-30(21-19-26)38(42)43)32-16-9-10-27(25-32)24-31-15-7-8-17-33(31)37-40-34(28-11-3-1-4-12-28)35(44-37)29-13-5-2-6-14-29/h1-7,9-16,18-21,25,31,33H,8,17,22-24H2,(H,39,41)(H,42,43). The highest BCUT2D eigenvalue weighted by Crippen LogP contribution is 2.41. The molecule has 6 heteroatoms. The van der Waals surface area contributed by atoms with Crippen molar-refractivity contribution < 1.29 is 19.1 Å². The Labute approximate surface area is 257 Å². The van der Waals surface area contributed by atoms with Crippen LogP contribution in [0.25, 0.3) is 22.6 Å².